The van der Waals surface area contributed by atoms with E-state index >= 15 is 0 Å². The van der Waals surface area contributed by atoms with Gasteiger partial charge in [0.05, 0.1) is 10.3 Å². The van der Waals surface area contributed by atoms with Crippen molar-refractivity contribution in [3.63, 3.8) is 0 Å². The van der Waals surface area contributed by atoms with Crippen LogP contribution in [0.25, 0.3) is 0 Å². The fourth-order valence-corrected chi connectivity index (χ4v) is 0.982. The van der Waals surface area contributed by atoms with Gasteiger partial charge in [0.15, 0.2) is 0 Å². The Morgan fingerprint density at radius 2 is 2.33 bits per heavy atom. The number of hydrogen-bond acceptors (Lipinski definition) is 2. The van der Waals surface area contributed by atoms with Gasteiger partial charge in [-0.3, -0.25) is 0 Å². The van der Waals surface area contributed by atoms with Crippen LogP contribution in [0.2, 0.25) is 0 Å². The standard InChI is InChI=1S/C3H3IN2/c1-2-5-6-3-4-1/h1-3H. The summed E-state index contributed by atoms with van der Waals surface area (Å²) in [6.07, 6.45) is 1.74. The van der Waals surface area contributed by atoms with Crippen LogP contribution in [0.5, 0.6) is 0 Å². The van der Waals surface area contributed by atoms with Gasteiger partial charge < -0.3 is 0 Å². The summed E-state index contributed by atoms with van der Waals surface area (Å²) in [5, 5.41) is 7.23. The van der Waals surface area contributed by atoms with Crippen LogP contribution in [0.3, 0.4) is 0 Å². The van der Waals surface area contributed by atoms with Crippen LogP contribution in [0.1, 0.15) is 0 Å². The van der Waals surface area contributed by atoms with Crippen molar-refractivity contribution in [3.8, 4) is 0 Å². The molecule has 0 radical (unpaired) electrons. The highest BCUT2D eigenvalue weighted by molar-refractivity contribution is 14.2. The average molecular weight is 194 g/mol. The van der Waals surface area contributed by atoms with Crippen LogP contribution in [-0.4, -0.2) is 4.14 Å². The molecule has 0 aromatic heterocycles. The number of azo groups is 1. The summed E-state index contributed by atoms with van der Waals surface area (Å²) in [6.45, 7) is 0. The molecule has 0 N–H and O–H groups in total. The first-order valence-electron chi connectivity index (χ1n) is 1.49. The van der Waals surface area contributed by atoms with Crippen LogP contribution in [0, 0.1) is 0 Å². The van der Waals surface area contributed by atoms with Crippen molar-refractivity contribution in [1.29, 1.82) is 0 Å². The third kappa shape index (κ3) is 0.965. The lowest BCUT2D eigenvalue weighted by molar-refractivity contribution is 1.32. The van der Waals surface area contributed by atoms with Gasteiger partial charge in [-0.25, -0.2) is 0 Å². The lowest BCUT2D eigenvalue weighted by atomic mass is 11.1. The second kappa shape index (κ2) is 2.17. The fraction of sp³-hybridized carbons (Fsp3) is 0. The molecule has 0 saturated carbocycles. The highest BCUT2D eigenvalue weighted by Gasteiger charge is 1.67. The van der Waals surface area contributed by atoms with Gasteiger partial charge in [0.1, 0.15) is 0 Å². The van der Waals surface area contributed by atoms with E-state index in [0.29, 0.717) is 0 Å². The van der Waals surface area contributed by atoms with Crippen molar-refractivity contribution in [2.45, 2.75) is 0 Å². The Labute approximate surface area is 45.7 Å². The molecule has 0 bridgehead atoms. The van der Waals surface area contributed by atoms with Gasteiger partial charge >= 0.3 is 0 Å². The molecule has 0 unspecified atom stereocenters. The number of hydrogen-bond donors (Lipinski definition) is 0. The van der Waals surface area contributed by atoms with Crippen LogP contribution in [0.15, 0.2) is 20.5 Å². The Kier molecular flexibility index (Phi) is 1.49. The summed E-state index contributed by atoms with van der Waals surface area (Å²) < 4.78 is 3.94. The fourth-order valence-electron chi connectivity index (χ4n) is 0.179. The molecule has 1 aliphatic rings. The van der Waals surface area contributed by atoms with Crippen molar-refractivity contribution in [2.24, 2.45) is 10.2 Å². The molecule has 0 amide bonds. The summed E-state index contributed by atoms with van der Waals surface area (Å²) in [5.41, 5.74) is 0. The third-order valence-electron chi connectivity index (χ3n) is 0.362. The van der Waals surface area contributed by atoms with Gasteiger partial charge in [0.2, 0.25) is 0 Å². The second-order valence-corrected chi connectivity index (χ2v) is 2.72. The normalized spacial score (nSPS) is 17.3. The summed E-state index contributed by atoms with van der Waals surface area (Å²) >= 11 is 0.149. The highest BCUT2D eigenvalue weighted by atomic mass is 127. The van der Waals surface area contributed by atoms with Gasteiger partial charge in [-0.05, 0) is 4.08 Å². The van der Waals surface area contributed by atoms with Crippen molar-refractivity contribution < 1.29 is 0 Å². The monoisotopic (exact) mass is 194 g/mol. The smallest absolute Gasteiger partial charge is 0.0824 e. The van der Waals surface area contributed by atoms with Crippen molar-refractivity contribution in [1.82, 2.24) is 0 Å². The van der Waals surface area contributed by atoms with E-state index in [2.05, 4.69) is 14.3 Å². The molecular weight excluding hydrogens is 191 g/mol. The number of halogens is 1. The van der Waals surface area contributed by atoms with E-state index in [0.717, 1.165) is 0 Å². The Morgan fingerprint density at radius 3 is 2.50 bits per heavy atom. The predicted molar refractivity (Wildman–Crippen MR) is 34.1 cm³/mol. The largest absolute Gasteiger partial charge is 0.158 e. The Bertz CT molecular complexity index is 78.2. The summed E-state index contributed by atoms with van der Waals surface area (Å²) in [4.78, 5) is 0. The molecule has 0 aromatic rings. The Hall–Kier alpha value is -0.0600. The minimum absolute atomic E-state index is 0.149. The minimum atomic E-state index is 0.149. The second-order valence-electron chi connectivity index (χ2n) is 0.730. The Morgan fingerprint density at radius 1 is 1.33 bits per heavy atom. The van der Waals surface area contributed by atoms with E-state index in [1.165, 1.54) is 0 Å². The third-order valence-corrected chi connectivity index (χ3v) is 1.67. The van der Waals surface area contributed by atoms with Crippen LogP contribution < -0.4 is 0 Å². The van der Waals surface area contributed by atoms with E-state index in [1.807, 2.05) is 4.14 Å². The molecule has 1 heterocycles. The minimum Gasteiger partial charge on any atom is -0.158 e. The maximum atomic E-state index is 3.64. The maximum Gasteiger partial charge on any atom is 0.0824 e. The quantitative estimate of drug-likeness (QED) is 0.523. The summed E-state index contributed by atoms with van der Waals surface area (Å²) in [5.74, 6) is 0. The van der Waals surface area contributed by atoms with Crippen molar-refractivity contribution in [2.75, 3.05) is 0 Å². The summed E-state index contributed by atoms with van der Waals surface area (Å²) in [6, 6.07) is 0. The number of rotatable bonds is 0. The SMILES string of the molecule is C1=CI=CN=N1. The highest BCUT2D eigenvalue weighted by Crippen LogP contribution is 2.01. The lowest BCUT2D eigenvalue weighted by Crippen LogP contribution is -1.55. The molecule has 3 heteroatoms. The molecule has 0 spiro atoms. The number of nitrogens with zero attached hydrogens (tertiary/aromatic N) is 2. The Balaban J connectivity index is 2.77. The average Bonchev–Trinajstić information content (AvgIpc) is 1.72. The van der Waals surface area contributed by atoms with Gasteiger partial charge in [0.25, 0.3) is 0 Å². The van der Waals surface area contributed by atoms with Gasteiger partial charge in [-0.2, -0.15) is 10.2 Å². The topological polar surface area (TPSA) is 24.7 Å². The zero-order valence-electron chi connectivity index (χ0n) is 3.00. The molecule has 0 fully saturated rings. The van der Waals surface area contributed by atoms with Gasteiger partial charge in [-0.15, -0.1) is 0 Å². The molecule has 0 atom stereocenters. The molecule has 1 aliphatic heterocycles. The molecule has 0 aromatic carbocycles. The van der Waals surface area contributed by atoms with Gasteiger partial charge in [-0.1, -0.05) is 20.7 Å². The summed E-state index contributed by atoms with van der Waals surface area (Å²) in [7, 11) is 0. The van der Waals surface area contributed by atoms with E-state index in [9.17, 15) is 0 Å². The lowest BCUT2D eigenvalue weighted by Gasteiger charge is -1.75. The first-order chi connectivity index (χ1) is 3.00. The molecule has 0 aliphatic carbocycles. The van der Waals surface area contributed by atoms with Crippen LogP contribution in [0.4, 0.5) is 0 Å². The van der Waals surface area contributed by atoms with Crippen LogP contribution in [-0.2, 0) is 0 Å². The molecule has 2 nitrogen and oxygen atoms in total. The molecule has 0 saturated heterocycles. The molecule has 6 heavy (non-hydrogen) atoms. The molecule has 1 rings (SSSR count). The van der Waals surface area contributed by atoms with Crippen molar-refractivity contribution in [3.05, 3.63) is 10.3 Å². The van der Waals surface area contributed by atoms with E-state index in [1.54, 1.807) is 6.20 Å². The van der Waals surface area contributed by atoms with Crippen molar-refractivity contribution >= 4 is 24.9 Å². The molecule has 32 valence electrons. The first-order valence-corrected chi connectivity index (χ1v) is 3.98. The predicted octanol–water partition coefficient (Wildman–Crippen LogP) is 1.65. The van der Waals surface area contributed by atoms with E-state index < -0.39 is 0 Å². The maximum absolute atomic E-state index is 3.64. The first kappa shape index (κ1) is 4.11. The van der Waals surface area contributed by atoms with Crippen LogP contribution >= 0.6 is 20.7 Å². The zero-order valence-corrected chi connectivity index (χ0v) is 5.16. The van der Waals surface area contributed by atoms with E-state index in [-0.39, 0.29) is 20.7 Å². The molecular formula is C3H3IN2. The zero-order chi connectivity index (χ0) is 4.24. The van der Waals surface area contributed by atoms with Gasteiger partial charge in [0, 0.05) is 0 Å². The van der Waals surface area contributed by atoms with E-state index in [4.69, 9.17) is 0 Å².